The SMILES string of the molecule is CC(NC(=O)c1n[nH]c2cc(OC(F)(F)F)ccc12)c1ncn[nH]1. The fraction of sp³-hybridized carbons (Fsp3) is 0.231. The summed E-state index contributed by atoms with van der Waals surface area (Å²) in [6.45, 7) is 1.70. The molecule has 0 radical (unpaired) electrons. The number of alkyl halides is 3. The van der Waals surface area contributed by atoms with Gasteiger partial charge in [0.1, 0.15) is 17.9 Å². The Morgan fingerprint density at radius 3 is 2.79 bits per heavy atom. The number of nitrogens with zero attached hydrogens (tertiary/aromatic N) is 3. The smallest absolute Gasteiger partial charge is 0.406 e. The number of carbonyl (C=O) groups is 1. The van der Waals surface area contributed by atoms with Crippen molar-refractivity contribution >= 4 is 16.8 Å². The molecule has 0 spiro atoms. The van der Waals surface area contributed by atoms with Crippen molar-refractivity contribution in [3.05, 3.63) is 36.0 Å². The molecule has 1 atom stereocenters. The van der Waals surface area contributed by atoms with Crippen LogP contribution in [-0.4, -0.2) is 37.6 Å². The lowest BCUT2D eigenvalue weighted by Crippen LogP contribution is -2.27. The van der Waals surface area contributed by atoms with Crippen LogP contribution in [0.4, 0.5) is 13.2 Å². The highest BCUT2D eigenvalue weighted by Crippen LogP contribution is 2.27. The molecule has 0 bridgehead atoms. The first-order valence-corrected chi connectivity index (χ1v) is 6.73. The van der Waals surface area contributed by atoms with Crippen molar-refractivity contribution in [2.75, 3.05) is 0 Å². The number of carbonyl (C=O) groups excluding carboxylic acids is 1. The number of rotatable bonds is 4. The van der Waals surface area contributed by atoms with Crippen LogP contribution in [0.5, 0.6) is 5.75 Å². The van der Waals surface area contributed by atoms with Gasteiger partial charge in [0.25, 0.3) is 5.91 Å². The summed E-state index contributed by atoms with van der Waals surface area (Å²) in [5.41, 5.74) is 0.296. The number of aromatic amines is 2. The predicted molar refractivity (Wildman–Crippen MR) is 75.0 cm³/mol. The van der Waals surface area contributed by atoms with E-state index in [9.17, 15) is 18.0 Å². The maximum Gasteiger partial charge on any atom is 0.573 e. The van der Waals surface area contributed by atoms with E-state index in [2.05, 4.69) is 35.4 Å². The Kier molecular flexibility index (Phi) is 3.83. The molecule has 3 N–H and O–H groups in total. The summed E-state index contributed by atoms with van der Waals surface area (Å²) in [7, 11) is 0. The van der Waals surface area contributed by atoms with E-state index in [4.69, 9.17) is 0 Å². The van der Waals surface area contributed by atoms with Crippen molar-refractivity contribution in [3.63, 3.8) is 0 Å². The minimum Gasteiger partial charge on any atom is -0.406 e. The number of fused-ring (bicyclic) bond motifs is 1. The van der Waals surface area contributed by atoms with Gasteiger partial charge in [-0.2, -0.15) is 10.2 Å². The number of halogens is 3. The van der Waals surface area contributed by atoms with Gasteiger partial charge in [-0.1, -0.05) is 0 Å². The Hall–Kier alpha value is -3.11. The Morgan fingerprint density at radius 2 is 2.12 bits per heavy atom. The van der Waals surface area contributed by atoms with Crippen LogP contribution in [0.3, 0.4) is 0 Å². The van der Waals surface area contributed by atoms with Gasteiger partial charge in [-0.15, -0.1) is 13.2 Å². The summed E-state index contributed by atoms with van der Waals surface area (Å²) in [6, 6.07) is 3.11. The first-order valence-electron chi connectivity index (χ1n) is 6.73. The zero-order chi connectivity index (χ0) is 17.3. The number of hydrogen-bond donors (Lipinski definition) is 3. The second kappa shape index (κ2) is 5.83. The van der Waals surface area contributed by atoms with Gasteiger partial charge in [-0.05, 0) is 19.1 Å². The molecule has 1 amide bonds. The molecule has 0 aliphatic rings. The van der Waals surface area contributed by atoms with E-state index in [0.29, 0.717) is 11.2 Å². The van der Waals surface area contributed by atoms with Crippen molar-refractivity contribution in [3.8, 4) is 5.75 Å². The molecule has 3 rings (SSSR count). The monoisotopic (exact) mass is 340 g/mol. The number of amides is 1. The number of ether oxygens (including phenoxy) is 1. The Bertz CT molecular complexity index is 858. The van der Waals surface area contributed by atoms with Crippen molar-refractivity contribution < 1.29 is 22.7 Å². The highest BCUT2D eigenvalue weighted by molar-refractivity contribution is 6.05. The third-order valence-electron chi connectivity index (χ3n) is 3.17. The fourth-order valence-corrected chi connectivity index (χ4v) is 2.13. The molecule has 1 aromatic carbocycles. The lowest BCUT2D eigenvalue weighted by atomic mass is 10.2. The quantitative estimate of drug-likeness (QED) is 0.674. The zero-order valence-corrected chi connectivity index (χ0v) is 12.2. The molecule has 2 heterocycles. The number of hydrogen-bond acceptors (Lipinski definition) is 5. The summed E-state index contributed by atoms with van der Waals surface area (Å²) in [5.74, 6) is -0.445. The molecule has 126 valence electrons. The van der Waals surface area contributed by atoms with Gasteiger partial charge < -0.3 is 10.1 Å². The molecule has 8 nitrogen and oxygen atoms in total. The standard InChI is InChI=1S/C13H11F3N6O2/c1-6(11-17-5-18-22-11)19-12(23)10-8-3-2-7(24-13(14,15)16)4-9(8)20-21-10/h2-6H,1H3,(H,19,23)(H,20,21)(H,17,18,22). The lowest BCUT2D eigenvalue weighted by molar-refractivity contribution is -0.274. The highest BCUT2D eigenvalue weighted by atomic mass is 19.4. The fourth-order valence-electron chi connectivity index (χ4n) is 2.13. The van der Waals surface area contributed by atoms with Crippen LogP contribution >= 0.6 is 0 Å². The summed E-state index contributed by atoms with van der Waals surface area (Å²) < 4.78 is 40.5. The third-order valence-corrected chi connectivity index (χ3v) is 3.17. The van der Waals surface area contributed by atoms with E-state index in [-0.39, 0.29) is 11.2 Å². The maximum absolute atomic E-state index is 12.3. The molecular formula is C13H11F3N6O2. The topological polar surface area (TPSA) is 109 Å². The van der Waals surface area contributed by atoms with Gasteiger partial charge in [0.05, 0.1) is 11.6 Å². The molecule has 0 saturated carbocycles. The van der Waals surface area contributed by atoms with Gasteiger partial charge in [-0.25, -0.2) is 4.98 Å². The largest absolute Gasteiger partial charge is 0.573 e. The highest BCUT2D eigenvalue weighted by Gasteiger charge is 2.31. The van der Waals surface area contributed by atoms with E-state index >= 15 is 0 Å². The molecule has 2 aromatic heterocycles. The summed E-state index contributed by atoms with van der Waals surface area (Å²) in [4.78, 5) is 16.2. The van der Waals surface area contributed by atoms with Crippen LogP contribution in [0, 0.1) is 0 Å². The molecule has 0 aliphatic heterocycles. The number of aromatic nitrogens is 5. The van der Waals surface area contributed by atoms with Crippen LogP contribution in [0.1, 0.15) is 29.3 Å². The second-order valence-electron chi connectivity index (χ2n) is 4.89. The molecule has 11 heteroatoms. The van der Waals surface area contributed by atoms with Gasteiger partial charge in [0.15, 0.2) is 5.69 Å². The summed E-state index contributed by atoms with van der Waals surface area (Å²) in [6.07, 6.45) is -3.48. The van der Waals surface area contributed by atoms with Crippen molar-refractivity contribution in [1.82, 2.24) is 30.7 Å². The summed E-state index contributed by atoms with van der Waals surface area (Å²) >= 11 is 0. The maximum atomic E-state index is 12.3. The van der Waals surface area contributed by atoms with Crippen LogP contribution in [-0.2, 0) is 0 Å². The van der Waals surface area contributed by atoms with Crippen LogP contribution in [0.25, 0.3) is 10.9 Å². The van der Waals surface area contributed by atoms with Crippen molar-refractivity contribution in [1.29, 1.82) is 0 Å². The molecule has 0 fully saturated rings. The predicted octanol–water partition coefficient (Wildman–Crippen LogP) is 2.07. The Balaban J connectivity index is 1.81. The van der Waals surface area contributed by atoms with E-state index in [1.807, 2.05) is 0 Å². The van der Waals surface area contributed by atoms with E-state index in [0.717, 1.165) is 12.1 Å². The number of H-pyrrole nitrogens is 2. The summed E-state index contributed by atoms with van der Waals surface area (Å²) in [5, 5.41) is 15.7. The first-order chi connectivity index (χ1) is 11.3. The molecule has 3 aromatic rings. The molecule has 0 saturated heterocycles. The van der Waals surface area contributed by atoms with E-state index in [1.165, 1.54) is 12.4 Å². The van der Waals surface area contributed by atoms with Crippen molar-refractivity contribution in [2.24, 2.45) is 0 Å². The normalized spacial score (nSPS) is 13.0. The average molecular weight is 340 g/mol. The van der Waals surface area contributed by atoms with Crippen LogP contribution in [0.2, 0.25) is 0 Å². The van der Waals surface area contributed by atoms with Crippen molar-refractivity contribution in [2.45, 2.75) is 19.3 Å². The van der Waals surface area contributed by atoms with Gasteiger partial charge >= 0.3 is 6.36 Å². The van der Waals surface area contributed by atoms with Gasteiger partial charge in [-0.3, -0.25) is 15.0 Å². The van der Waals surface area contributed by atoms with Crippen LogP contribution in [0.15, 0.2) is 24.5 Å². The lowest BCUT2D eigenvalue weighted by Gasteiger charge is -2.10. The molecule has 0 aliphatic carbocycles. The first kappa shape index (κ1) is 15.8. The zero-order valence-electron chi connectivity index (χ0n) is 12.2. The van der Waals surface area contributed by atoms with Gasteiger partial charge in [0, 0.05) is 11.5 Å². The van der Waals surface area contributed by atoms with Crippen LogP contribution < -0.4 is 10.1 Å². The molecule has 24 heavy (non-hydrogen) atoms. The Morgan fingerprint density at radius 1 is 1.33 bits per heavy atom. The molecule has 1 unspecified atom stereocenters. The van der Waals surface area contributed by atoms with E-state index in [1.54, 1.807) is 6.92 Å². The average Bonchev–Trinajstić information content (AvgIpc) is 3.14. The third kappa shape index (κ3) is 3.29. The number of benzene rings is 1. The Labute approximate surface area is 132 Å². The minimum absolute atomic E-state index is 0.0509. The molecular weight excluding hydrogens is 329 g/mol. The van der Waals surface area contributed by atoms with Gasteiger partial charge in [0.2, 0.25) is 0 Å². The van der Waals surface area contributed by atoms with E-state index < -0.39 is 24.1 Å². The second-order valence-corrected chi connectivity index (χ2v) is 4.89. The number of nitrogens with one attached hydrogen (secondary N) is 3. The minimum atomic E-state index is -4.79.